The number of nitrogens with zero attached hydrogens (tertiary/aromatic N) is 2. The van der Waals surface area contributed by atoms with Gasteiger partial charge < -0.3 is 9.80 Å². The summed E-state index contributed by atoms with van der Waals surface area (Å²) >= 11 is 0. The van der Waals surface area contributed by atoms with Crippen molar-refractivity contribution in [3.05, 3.63) is 177 Å². The van der Waals surface area contributed by atoms with E-state index in [1.165, 1.54) is 11.1 Å². The quantitative estimate of drug-likeness (QED) is 0.113. The van der Waals surface area contributed by atoms with Crippen molar-refractivity contribution in [1.29, 1.82) is 0 Å². The van der Waals surface area contributed by atoms with E-state index in [1.807, 2.05) is 50.3 Å². The molecule has 0 N–H and O–H groups in total. The monoisotopic (exact) mass is 574 g/mol. The molecule has 0 bridgehead atoms. The van der Waals surface area contributed by atoms with Gasteiger partial charge in [-0.15, -0.1) is 6.58 Å². The molecule has 0 heterocycles. The number of allylic oxidation sites excluding steroid dienone is 16. The molecule has 43 heavy (non-hydrogen) atoms. The van der Waals surface area contributed by atoms with Crippen molar-refractivity contribution in [3.63, 3.8) is 0 Å². The molecule has 1 aromatic rings. The van der Waals surface area contributed by atoms with E-state index >= 15 is 0 Å². The Morgan fingerprint density at radius 3 is 2.19 bits per heavy atom. The van der Waals surface area contributed by atoms with Crippen LogP contribution in [0.3, 0.4) is 0 Å². The Kier molecular flexibility index (Phi) is 19.1. The minimum Gasteiger partial charge on any atom is -0.349 e. The standard InChI is InChI=1S/C41H54N2/c1-10-15-19-25-37(8)43(38(9)26-20-16-11-2)41-30-28-40(29-31-41)39(22-14-5)27-21-33-42(36(7)24-18-13-4)34-32-35(6)23-17-12-3/h10-17,19-23,25-26,28-33,38-39H,3-4,7-8,18,24,27,34H2,1-2,5-6,9H3/b15-10+,16-11-,22-14-,23-17-,25-19-,26-20-,33-21+,35-32-. The first-order chi connectivity index (χ1) is 20.8. The van der Waals surface area contributed by atoms with Crippen molar-refractivity contribution in [2.45, 2.75) is 65.8 Å². The lowest BCUT2D eigenvalue weighted by Gasteiger charge is -2.30. The van der Waals surface area contributed by atoms with Crippen molar-refractivity contribution < 1.29 is 0 Å². The molecule has 2 heteroatoms. The summed E-state index contributed by atoms with van der Waals surface area (Å²) in [6, 6.07) is 9.04. The normalized spacial score (nSPS) is 14.2. The van der Waals surface area contributed by atoms with Crippen LogP contribution >= 0.6 is 0 Å². The van der Waals surface area contributed by atoms with Gasteiger partial charge in [0.2, 0.25) is 0 Å². The Bertz CT molecular complexity index is 1240. The zero-order valence-corrected chi connectivity index (χ0v) is 27.3. The highest BCUT2D eigenvalue weighted by atomic mass is 15.2. The molecule has 0 spiro atoms. The van der Waals surface area contributed by atoms with Crippen molar-refractivity contribution in [2.24, 2.45) is 0 Å². The highest BCUT2D eigenvalue weighted by Gasteiger charge is 2.15. The number of benzene rings is 1. The van der Waals surface area contributed by atoms with E-state index in [9.17, 15) is 0 Å². The Balaban J connectivity index is 3.23. The average Bonchev–Trinajstić information content (AvgIpc) is 3.00. The minimum absolute atomic E-state index is 0.143. The largest absolute Gasteiger partial charge is 0.349 e. The second kappa shape index (κ2) is 22.3. The van der Waals surface area contributed by atoms with E-state index in [2.05, 4.69) is 142 Å². The van der Waals surface area contributed by atoms with Gasteiger partial charge >= 0.3 is 0 Å². The number of anilines is 1. The lowest BCUT2D eigenvalue weighted by atomic mass is 9.94. The second-order valence-electron chi connectivity index (χ2n) is 10.3. The Labute approximate surface area is 263 Å². The van der Waals surface area contributed by atoms with Gasteiger partial charge in [0.15, 0.2) is 0 Å². The van der Waals surface area contributed by atoms with Gasteiger partial charge in [-0.3, -0.25) is 0 Å². The molecule has 2 atom stereocenters. The average molecular weight is 575 g/mol. The zero-order valence-electron chi connectivity index (χ0n) is 27.3. The molecule has 2 nitrogen and oxygen atoms in total. The van der Waals surface area contributed by atoms with Gasteiger partial charge in [0.25, 0.3) is 0 Å². The smallest absolute Gasteiger partial charge is 0.0496 e. The van der Waals surface area contributed by atoms with E-state index in [-0.39, 0.29) is 12.0 Å². The fourth-order valence-electron chi connectivity index (χ4n) is 4.46. The van der Waals surface area contributed by atoms with Crippen LogP contribution in [0.5, 0.6) is 0 Å². The Hall–Kier alpha value is -4.30. The SMILES string of the molecule is C=C/C=C\C(C)=C/CN(/C=C/CC(/C=C\C)c1ccc(N(C(=C)/C=C\C=C\C)C(C)/C=C\C=C/C)cc1)C(=C)CCC=C. The van der Waals surface area contributed by atoms with Crippen LogP contribution in [0.4, 0.5) is 5.69 Å². The molecule has 1 aromatic carbocycles. The summed E-state index contributed by atoms with van der Waals surface area (Å²) < 4.78 is 0. The summed E-state index contributed by atoms with van der Waals surface area (Å²) in [6.07, 6.45) is 38.0. The van der Waals surface area contributed by atoms with Gasteiger partial charge in [-0.05, 0) is 77.7 Å². The van der Waals surface area contributed by atoms with Gasteiger partial charge in [0.1, 0.15) is 0 Å². The molecule has 0 aliphatic rings. The summed E-state index contributed by atoms with van der Waals surface area (Å²) in [5.41, 5.74) is 5.62. The maximum absolute atomic E-state index is 4.37. The molecule has 0 amide bonds. The number of hydrogen-bond donors (Lipinski definition) is 0. The maximum atomic E-state index is 4.37. The lowest BCUT2D eigenvalue weighted by Crippen LogP contribution is -2.29. The Morgan fingerprint density at radius 2 is 1.56 bits per heavy atom. The van der Waals surface area contributed by atoms with E-state index < -0.39 is 0 Å². The molecule has 0 radical (unpaired) electrons. The topological polar surface area (TPSA) is 6.48 Å². The van der Waals surface area contributed by atoms with Crippen LogP contribution in [-0.4, -0.2) is 17.5 Å². The van der Waals surface area contributed by atoms with Gasteiger partial charge in [-0.2, -0.15) is 0 Å². The van der Waals surface area contributed by atoms with Crippen LogP contribution in [0, 0.1) is 0 Å². The summed E-state index contributed by atoms with van der Waals surface area (Å²) in [5.74, 6) is 0.268. The van der Waals surface area contributed by atoms with Crippen molar-refractivity contribution in [2.75, 3.05) is 11.4 Å². The molecule has 0 saturated heterocycles. The summed E-state index contributed by atoms with van der Waals surface area (Å²) in [4.78, 5) is 4.50. The highest BCUT2D eigenvalue weighted by Crippen LogP contribution is 2.28. The van der Waals surface area contributed by atoms with Gasteiger partial charge in [-0.1, -0.05) is 129 Å². The van der Waals surface area contributed by atoms with Crippen LogP contribution in [0.1, 0.15) is 65.4 Å². The van der Waals surface area contributed by atoms with Gasteiger partial charge in [-0.25, -0.2) is 0 Å². The maximum Gasteiger partial charge on any atom is 0.0496 e. The van der Waals surface area contributed by atoms with Crippen LogP contribution in [0.2, 0.25) is 0 Å². The van der Waals surface area contributed by atoms with Gasteiger partial charge in [0, 0.05) is 41.8 Å². The van der Waals surface area contributed by atoms with E-state index in [0.717, 1.165) is 42.9 Å². The first-order valence-electron chi connectivity index (χ1n) is 15.3. The predicted octanol–water partition coefficient (Wildman–Crippen LogP) is 11.7. The molecular formula is C41H54N2. The van der Waals surface area contributed by atoms with Crippen molar-refractivity contribution >= 4 is 5.69 Å². The first-order valence-corrected chi connectivity index (χ1v) is 15.3. The fourth-order valence-corrected chi connectivity index (χ4v) is 4.46. The summed E-state index contributed by atoms with van der Waals surface area (Å²) in [7, 11) is 0. The minimum atomic E-state index is 0.143. The lowest BCUT2D eigenvalue weighted by molar-refractivity contribution is 0.492. The molecule has 228 valence electrons. The van der Waals surface area contributed by atoms with Crippen LogP contribution in [0.25, 0.3) is 0 Å². The zero-order chi connectivity index (χ0) is 31.9. The predicted molar refractivity (Wildman–Crippen MR) is 195 cm³/mol. The van der Waals surface area contributed by atoms with E-state index in [4.69, 9.17) is 0 Å². The van der Waals surface area contributed by atoms with E-state index in [0.29, 0.717) is 0 Å². The number of hydrogen-bond acceptors (Lipinski definition) is 2. The third-order valence-corrected chi connectivity index (χ3v) is 6.85. The Morgan fingerprint density at radius 1 is 0.860 bits per heavy atom. The molecule has 2 unspecified atom stereocenters. The van der Waals surface area contributed by atoms with Gasteiger partial charge in [0.05, 0.1) is 0 Å². The van der Waals surface area contributed by atoms with Crippen molar-refractivity contribution in [3.8, 4) is 0 Å². The third-order valence-electron chi connectivity index (χ3n) is 6.85. The molecular weight excluding hydrogens is 520 g/mol. The molecule has 0 saturated carbocycles. The summed E-state index contributed by atoms with van der Waals surface area (Å²) in [6.45, 7) is 27.5. The third kappa shape index (κ3) is 14.4. The molecule has 0 aliphatic heterocycles. The molecule has 0 fully saturated rings. The van der Waals surface area contributed by atoms with Crippen LogP contribution in [0.15, 0.2) is 171 Å². The van der Waals surface area contributed by atoms with Crippen LogP contribution < -0.4 is 4.90 Å². The van der Waals surface area contributed by atoms with E-state index in [1.54, 1.807) is 6.08 Å². The second-order valence-corrected chi connectivity index (χ2v) is 10.3. The van der Waals surface area contributed by atoms with Crippen LogP contribution in [-0.2, 0) is 0 Å². The highest BCUT2D eigenvalue weighted by molar-refractivity contribution is 5.57. The molecule has 0 aromatic heterocycles. The first kappa shape index (κ1) is 36.7. The number of rotatable bonds is 20. The molecule has 1 rings (SSSR count). The summed E-state index contributed by atoms with van der Waals surface area (Å²) in [5, 5.41) is 0. The molecule has 0 aliphatic carbocycles. The van der Waals surface area contributed by atoms with Crippen molar-refractivity contribution in [1.82, 2.24) is 4.90 Å². The fraction of sp³-hybridized carbons (Fsp3) is 0.268.